The van der Waals surface area contributed by atoms with Crippen molar-refractivity contribution >= 4 is 38.0 Å². The van der Waals surface area contributed by atoms with E-state index in [0.29, 0.717) is 0 Å². The van der Waals surface area contributed by atoms with Gasteiger partial charge in [-0.15, -0.1) is 21.5 Å². The lowest BCUT2D eigenvalue weighted by atomic mass is 10.1. The van der Waals surface area contributed by atoms with Crippen molar-refractivity contribution in [2.45, 2.75) is 26.3 Å². The quantitative estimate of drug-likeness (QED) is 0.792. The lowest BCUT2D eigenvalue weighted by molar-refractivity contribution is 0.866. The fourth-order valence-electron chi connectivity index (χ4n) is 1.82. The van der Waals surface area contributed by atoms with Crippen LogP contribution < -0.4 is 5.32 Å². The van der Waals surface area contributed by atoms with Crippen LogP contribution in [0.4, 0.5) is 5.13 Å². The Morgan fingerprint density at radius 3 is 3.05 bits per heavy atom. The van der Waals surface area contributed by atoms with Gasteiger partial charge < -0.3 is 5.32 Å². The van der Waals surface area contributed by atoms with Crippen molar-refractivity contribution in [3.8, 4) is 0 Å². The first-order chi connectivity index (χ1) is 9.26. The van der Waals surface area contributed by atoms with Crippen molar-refractivity contribution in [1.82, 2.24) is 15.2 Å². The molecule has 0 saturated heterocycles. The molecule has 3 rings (SSSR count). The van der Waals surface area contributed by atoms with E-state index < -0.39 is 0 Å². The number of nitrogens with zero attached hydrogens (tertiary/aromatic N) is 3. The fraction of sp³-hybridized carbons (Fsp3) is 0.308. The van der Waals surface area contributed by atoms with Crippen LogP contribution in [0.5, 0.6) is 0 Å². The van der Waals surface area contributed by atoms with Gasteiger partial charge in [0, 0.05) is 6.20 Å². The number of fused-ring (bicyclic) bond motifs is 1. The van der Waals surface area contributed by atoms with Crippen LogP contribution >= 0.6 is 22.7 Å². The highest BCUT2D eigenvalue weighted by Gasteiger charge is 2.10. The van der Waals surface area contributed by atoms with Gasteiger partial charge in [-0.3, -0.25) is 4.98 Å². The molecule has 3 aromatic heterocycles. The summed E-state index contributed by atoms with van der Waals surface area (Å²) in [6.07, 6.45) is 2.85. The van der Waals surface area contributed by atoms with E-state index in [0.717, 1.165) is 22.1 Å². The zero-order valence-electron chi connectivity index (χ0n) is 10.8. The molecule has 4 nitrogen and oxygen atoms in total. The van der Waals surface area contributed by atoms with Crippen molar-refractivity contribution in [2.24, 2.45) is 0 Å². The first kappa shape index (κ1) is 12.5. The Bertz CT molecular complexity index is 689. The van der Waals surface area contributed by atoms with Gasteiger partial charge in [0.25, 0.3) is 0 Å². The molecule has 0 aliphatic carbocycles. The third-order valence-electron chi connectivity index (χ3n) is 2.93. The molecule has 0 aliphatic heterocycles. The Hall–Kier alpha value is -1.53. The molecule has 1 atom stereocenters. The minimum atomic E-state index is 0.177. The largest absolute Gasteiger partial charge is 0.354 e. The molecule has 0 fully saturated rings. The summed E-state index contributed by atoms with van der Waals surface area (Å²) in [6, 6.07) is 4.41. The van der Waals surface area contributed by atoms with E-state index in [1.807, 2.05) is 12.3 Å². The second-order valence-electron chi connectivity index (χ2n) is 4.29. The molecule has 0 bridgehead atoms. The van der Waals surface area contributed by atoms with E-state index in [4.69, 9.17) is 0 Å². The summed E-state index contributed by atoms with van der Waals surface area (Å²) >= 11 is 3.33. The van der Waals surface area contributed by atoms with Gasteiger partial charge >= 0.3 is 0 Å². The third kappa shape index (κ3) is 2.59. The number of hydrogen-bond acceptors (Lipinski definition) is 6. The summed E-state index contributed by atoms with van der Waals surface area (Å²) in [5.74, 6) is 0. The molecular formula is C13H14N4S2. The van der Waals surface area contributed by atoms with Crippen LogP contribution in [0.25, 0.3) is 10.2 Å². The molecule has 0 radical (unpaired) electrons. The van der Waals surface area contributed by atoms with Crippen molar-refractivity contribution in [3.63, 3.8) is 0 Å². The van der Waals surface area contributed by atoms with Crippen LogP contribution in [0, 0.1) is 0 Å². The van der Waals surface area contributed by atoms with Crippen molar-refractivity contribution < 1.29 is 0 Å². The highest BCUT2D eigenvalue weighted by Crippen LogP contribution is 2.26. The lowest BCUT2D eigenvalue weighted by Crippen LogP contribution is -2.06. The van der Waals surface area contributed by atoms with E-state index in [2.05, 4.69) is 45.8 Å². The van der Waals surface area contributed by atoms with E-state index in [-0.39, 0.29) is 6.04 Å². The summed E-state index contributed by atoms with van der Waals surface area (Å²) < 4.78 is 1.22. The number of aromatic nitrogens is 3. The lowest BCUT2D eigenvalue weighted by Gasteiger charge is -2.12. The summed E-state index contributed by atoms with van der Waals surface area (Å²) in [5.41, 5.74) is 2.23. The number of aryl methyl sites for hydroxylation is 1. The second kappa shape index (κ2) is 5.22. The molecule has 0 aromatic carbocycles. The first-order valence-corrected chi connectivity index (χ1v) is 7.88. The van der Waals surface area contributed by atoms with Crippen LogP contribution in [-0.4, -0.2) is 15.2 Å². The summed E-state index contributed by atoms with van der Waals surface area (Å²) in [7, 11) is 0. The molecule has 0 spiro atoms. The molecule has 0 aliphatic rings. The molecule has 1 N–H and O–H groups in total. The Kier molecular flexibility index (Phi) is 3.44. The number of thiophene rings is 1. The molecule has 0 amide bonds. The Balaban J connectivity index is 1.80. The molecule has 1 unspecified atom stereocenters. The maximum atomic E-state index is 4.46. The predicted octanol–water partition coefficient (Wildman–Crippen LogP) is 3.88. The number of nitrogens with one attached hydrogen (secondary N) is 1. The standard InChI is InChI=1S/C13H14N4S2/c1-3-12-16-17-13(19-12)15-8(2)9-6-11-10(14-7-9)4-5-18-11/h4-8H,3H2,1-2H3,(H,15,17). The minimum Gasteiger partial charge on any atom is -0.354 e. The minimum absolute atomic E-state index is 0.177. The molecular weight excluding hydrogens is 276 g/mol. The van der Waals surface area contributed by atoms with Crippen LogP contribution in [0.3, 0.4) is 0 Å². The number of hydrogen-bond donors (Lipinski definition) is 1. The Labute approximate surface area is 119 Å². The summed E-state index contributed by atoms with van der Waals surface area (Å²) in [5, 5.41) is 15.6. The van der Waals surface area contributed by atoms with Gasteiger partial charge in [0.15, 0.2) is 0 Å². The number of pyridine rings is 1. The van der Waals surface area contributed by atoms with Crippen LogP contribution in [-0.2, 0) is 6.42 Å². The van der Waals surface area contributed by atoms with Gasteiger partial charge in [0.1, 0.15) is 5.01 Å². The summed E-state index contributed by atoms with van der Waals surface area (Å²) in [6.45, 7) is 4.20. The molecule has 3 aromatic rings. The van der Waals surface area contributed by atoms with E-state index in [1.165, 1.54) is 10.3 Å². The monoisotopic (exact) mass is 290 g/mol. The van der Waals surface area contributed by atoms with Crippen LogP contribution in [0.2, 0.25) is 0 Å². The SMILES string of the molecule is CCc1nnc(NC(C)c2cnc3ccsc3c2)s1. The van der Waals surface area contributed by atoms with E-state index in [9.17, 15) is 0 Å². The smallest absolute Gasteiger partial charge is 0.206 e. The van der Waals surface area contributed by atoms with Crippen LogP contribution in [0.1, 0.15) is 30.5 Å². The van der Waals surface area contributed by atoms with Gasteiger partial charge in [-0.2, -0.15) is 0 Å². The zero-order valence-corrected chi connectivity index (χ0v) is 12.4. The average molecular weight is 290 g/mol. The molecule has 3 heterocycles. The third-order valence-corrected chi connectivity index (χ3v) is 4.79. The normalized spacial score (nSPS) is 12.7. The van der Waals surface area contributed by atoms with Gasteiger partial charge in [0.2, 0.25) is 5.13 Å². The highest BCUT2D eigenvalue weighted by molar-refractivity contribution is 7.17. The maximum Gasteiger partial charge on any atom is 0.206 e. The van der Waals surface area contributed by atoms with Gasteiger partial charge in [0.05, 0.1) is 16.3 Å². The van der Waals surface area contributed by atoms with Gasteiger partial charge in [-0.05, 0) is 36.4 Å². The van der Waals surface area contributed by atoms with Gasteiger partial charge in [-0.25, -0.2) is 0 Å². The fourth-order valence-corrected chi connectivity index (χ4v) is 3.38. The molecule has 0 saturated carbocycles. The second-order valence-corrected chi connectivity index (χ2v) is 6.30. The zero-order chi connectivity index (χ0) is 13.2. The topological polar surface area (TPSA) is 50.7 Å². The Morgan fingerprint density at radius 2 is 2.26 bits per heavy atom. The van der Waals surface area contributed by atoms with Crippen LogP contribution in [0.15, 0.2) is 23.7 Å². The van der Waals surface area contributed by atoms with E-state index >= 15 is 0 Å². The maximum absolute atomic E-state index is 4.46. The average Bonchev–Trinajstić information content (AvgIpc) is 3.05. The van der Waals surface area contributed by atoms with Crippen molar-refractivity contribution in [3.05, 3.63) is 34.3 Å². The highest BCUT2D eigenvalue weighted by atomic mass is 32.1. The van der Waals surface area contributed by atoms with Crippen molar-refractivity contribution in [1.29, 1.82) is 0 Å². The molecule has 6 heteroatoms. The van der Waals surface area contributed by atoms with Gasteiger partial charge in [-0.1, -0.05) is 18.3 Å². The van der Waals surface area contributed by atoms with E-state index in [1.54, 1.807) is 22.7 Å². The molecule has 98 valence electrons. The Morgan fingerprint density at radius 1 is 1.37 bits per heavy atom. The summed E-state index contributed by atoms with van der Waals surface area (Å²) in [4.78, 5) is 4.46. The first-order valence-electron chi connectivity index (χ1n) is 6.18. The van der Waals surface area contributed by atoms with Crippen molar-refractivity contribution in [2.75, 3.05) is 5.32 Å². The number of anilines is 1. The molecule has 19 heavy (non-hydrogen) atoms. The number of rotatable bonds is 4. The predicted molar refractivity (Wildman–Crippen MR) is 80.9 cm³/mol.